The van der Waals surface area contributed by atoms with Gasteiger partial charge in [0.25, 0.3) is 0 Å². The minimum Gasteiger partial charge on any atom is -0.495 e. The molecule has 0 amide bonds. The second-order valence-electron chi connectivity index (χ2n) is 4.73. The van der Waals surface area contributed by atoms with Gasteiger partial charge in [-0.25, -0.2) is 0 Å². The van der Waals surface area contributed by atoms with E-state index in [1.807, 2.05) is 0 Å². The molecule has 0 aliphatic carbocycles. The van der Waals surface area contributed by atoms with Crippen LogP contribution in [0.1, 0.15) is 43.7 Å². The molecule has 1 aromatic rings. The van der Waals surface area contributed by atoms with Gasteiger partial charge in [-0.15, -0.1) is 0 Å². The fourth-order valence-electron chi connectivity index (χ4n) is 1.99. The summed E-state index contributed by atoms with van der Waals surface area (Å²) >= 11 is 3.58. The molecule has 2 N–H and O–H groups in total. The van der Waals surface area contributed by atoms with Crippen LogP contribution in [0.25, 0.3) is 0 Å². The maximum absolute atomic E-state index is 5.77. The SMILES string of the molecule is COc1c(C(C)C)cc(C(C)CN)c(OC)c1Br. The van der Waals surface area contributed by atoms with E-state index in [0.29, 0.717) is 12.5 Å². The highest BCUT2D eigenvalue weighted by atomic mass is 79.9. The summed E-state index contributed by atoms with van der Waals surface area (Å²) in [6.45, 7) is 6.98. The summed E-state index contributed by atoms with van der Waals surface area (Å²) in [4.78, 5) is 0. The van der Waals surface area contributed by atoms with E-state index in [2.05, 4.69) is 42.8 Å². The first-order valence-corrected chi connectivity index (χ1v) is 6.91. The van der Waals surface area contributed by atoms with Crippen molar-refractivity contribution in [1.29, 1.82) is 0 Å². The molecule has 0 fully saturated rings. The summed E-state index contributed by atoms with van der Waals surface area (Å²) in [6.07, 6.45) is 0. The summed E-state index contributed by atoms with van der Waals surface area (Å²) in [5.74, 6) is 2.29. The molecule has 0 aromatic heterocycles. The summed E-state index contributed by atoms with van der Waals surface area (Å²) in [5, 5.41) is 0. The molecule has 0 aliphatic heterocycles. The van der Waals surface area contributed by atoms with Gasteiger partial charge in [0.05, 0.1) is 14.2 Å². The van der Waals surface area contributed by atoms with Gasteiger partial charge >= 0.3 is 0 Å². The van der Waals surface area contributed by atoms with Crippen LogP contribution in [-0.2, 0) is 0 Å². The van der Waals surface area contributed by atoms with E-state index in [1.54, 1.807) is 14.2 Å². The van der Waals surface area contributed by atoms with E-state index >= 15 is 0 Å². The minimum absolute atomic E-state index is 0.250. The van der Waals surface area contributed by atoms with Crippen LogP contribution >= 0.6 is 15.9 Å². The van der Waals surface area contributed by atoms with Crippen LogP contribution < -0.4 is 15.2 Å². The predicted molar refractivity (Wildman–Crippen MR) is 78.8 cm³/mol. The summed E-state index contributed by atoms with van der Waals surface area (Å²) in [7, 11) is 3.35. The minimum atomic E-state index is 0.250. The Bertz CT molecular complexity index is 419. The lowest BCUT2D eigenvalue weighted by molar-refractivity contribution is 0.380. The zero-order chi connectivity index (χ0) is 13.9. The third-order valence-corrected chi connectivity index (χ3v) is 3.87. The van der Waals surface area contributed by atoms with Crippen LogP contribution in [0.4, 0.5) is 0 Å². The molecule has 0 saturated carbocycles. The van der Waals surface area contributed by atoms with E-state index in [9.17, 15) is 0 Å². The number of ether oxygens (including phenoxy) is 2. The molecule has 102 valence electrons. The smallest absolute Gasteiger partial charge is 0.140 e. The fraction of sp³-hybridized carbons (Fsp3) is 0.571. The number of benzene rings is 1. The number of methoxy groups -OCH3 is 2. The predicted octanol–water partition coefficient (Wildman–Crippen LogP) is 3.65. The number of hydrogen-bond donors (Lipinski definition) is 1. The first-order valence-electron chi connectivity index (χ1n) is 6.12. The molecular formula is C14H22BrNO2. The largest absolute Gasteiger partial charge is 0.495 e. The Morgan fingerprint density at radius 1 is 1.11 bits per heavy atom. The maximum atomic E-state index is 5.77. The Hall–Kier alpha value is -0.740. The Balaban J connectivity index is 3.52. The van der Waals surface area contributed by atoms with Gasteiger partial charge in [0.1, 0.15) is 16.0 Å². The topological polar surface area (TPSA) is 44.5 Å². The zero-order valence-electron chi connectivity index (χ0n) is 11.7. The number of hydrogen-bond acceptors (Lipinski definition) is 3. The Morgan fingerprint density at radius 3 is 2.00 bits per heavy atom. The molecule has 3 nitrogen and oxygen atoms in total. The standard InChI is InChI=1S/C14H22BrNO2/c1-8(2)10-6-11(9(3)7-16)14(18-5)12(15)13(10)17-4/h6,8-9H,7,16H2,1-5H3. The van der Waals surface area contributed by atoms with Crippen molar-refractivity contribution in [3.05, 3.63) is 21.7 Å². The van der Waals surface area contributed by atoms with Crippen molar-refractivity contribution in [2.45, 2.75) is 32.6 Å². The Morgan fingerprint density at radius 2 is 1.61 bits per heavy atom. The van der Waals surface area contributed by atoms with Gasteiger partial charge in [0, 0.05) is 0 Å². The molecule has 1 rings (SSSR count). The third kappa shape index (κ3) is 2.81. The molecule has 0 radical (unpaired) electrons. The molecule has 0 heterocycles. The number of nitrogens with two attached hydrogens (primary N) is 1. The summed E-state index contributed by atoms with van der Waals surface area (Å²) < 4.78 is 11.9. The van der Waals surface area contributed by atoms with Crippen molar-refractivity contribution in [3.8, 4) is 11.5 Å². The highest BCUT2D eigenvalue weighted by molar-refractivity contribution is 9.10. The van der Waals surface area contributed by atoms with Gasteiger partial charge in [0.2, 0.25) is 0 Å². The van der Waals surface area contributed by atoms with Crippen LogP contribution in [0.3, 0.4) is 0 Å². The first-order chi connectivity index (χ1) is 8.47. The molecule has 4 heteroatoms. The lowest BCUT2D eigenvalue weighted by Gasteiger charge is -2.22. The molecule has 0 saturated heterocycles. The van der Waals surface area contributed by atoms with Crippen molar-refractivity contribution in [2.24, 2.45) is 5.73 Å². The van der Waals surface area contributed by atoms with Crippen LogP contribution in [0.5, 0.6) is 11.5 Å². The van der Waals surface area contributed by atoms with Crippen molar-refractivity contribution in [2.75, 3.05) is 20.8 Å². The molecule has 0 bridgehead atoms. The molecule has 18 heavy (non-hydrogen) atoms. The molecule has 1 unspecified atom stereocenters. The van der Waals surface area contributed by atoms with Gasteiger partial charge in [-0.05, 0) is 51.5 Å². The van der Waals surface area contributed by atoms with Gasteiger partial charge in [0.15, 0.2) is 0 Å². The van der Waals surface area contributed by atoms with Gasteiger partial charge in [-0.1, -0.05) is 20.8 Å². The number of halogens is 1. The van der Waals surface area contributed by atoms with Crippen molar-refractivity contribution in [1.82, 2.24) is 0 Å². The van der Waals surface area contributed by atoms with Crippen LogP contribution in [-0.4, -0.2) is 20.8 Å². The monoisotopic (exact) mass is 315 g/mol. The highest BCUT2D eigenvalue weighted by Crippen LogP contribution is 2.44. The second-order valence-corrected chi connectivity index (χ2v) is 5.52. The highest BCUT2D eigenvalue weighted by Gasteiger charge is 2.21. The first kappa shape index (κ1) is 15.3. The van der Waals surface area contributed by atoms with Gasteiger partial charge < -0.3 is 15.2 Å². The maximum Gasteiger partial charge on any atom is 0.140 e. The lowest BCUT2D eigenvalue weighted by atomic mass is 9.93. The second kappa shape index (κ2) is 6.43. The lowest BCUT2D eigenvalue weighted by Crippen LogP contribution is -2.11. The van der Waals surface area contributed by atoms with Gasteiger partial charge in [-0.2, -0.15) is 0 Å². The van der Waals surface area contributed by atoms with Crippen molar-refractivity contribution in [3.63, 3.8) is 0 Å². The Labute approximate surface area is 118 Å². The van der Waals surface area contributed by atoms with Gasteiger partial charge in [-0.3, -0.25) is 0 Å². The van der Waals surface area contributed by atoms with E-state index in [0.717, 1.165) is 21.5 Å². The van der Waals surface area contributed by atoms with E-state index in [4.69, 9.17) is 15.2 Å². The molecule has 0 aliphatic rings. The average molecular weight is 316 g/mol. The van der Waals surface area contributed by atoms with E-state index < -0.39 is 0 Å². The van der Waals surface area contributed by atoms with Crippen LogP contribution in [0.15, 0.2) is 10.5 Å². The summed E-state index contributed by atoms with van der Waals surface area (Å²) in [6, 6.07) is 2.14. The van der Waals surface area contributed by atoms with Crippen molar-refractivity contribution < 1.29 is 9.47 Å². The zero-order valence-corrected chi connectivity index (χ0v) is 13.3. The average Bonchev–Trinajstić information content (AvgIpc) is 2.36. The quantitative estimate of drug-likeness (QED) is 0.902. The molecule has 0 spiro atoms. The molecular weight excluding hydrogens is 294 g/mol. The number of rotatable bonds is 5. The normalized spacial score (nSPS) is 12.7. The van der Waals surface area contributed by atoms with Crippen molar-refractivity contribution >= 4 is 15.9 Å². The van der Waals surface area contributed by atoms with Crippen LogP contribution in [0, 0.1) is 0 Å². The third-order valence-electron chi connectivity index (χ3n) is 3.15. The van der Waals surface area contributed by atoms with E-state index in [-0.39, 0.29) is 5.92 Å². The van der Waals surface area contributed by atoms with E-state index in [1.165, 1.54) is 5.56 Å². The summed E-state index contributed by atoms with van der Waals surface area (Å²) in [5.41, 5.74) is 8.06. The Kier molecular flexibility index (Phi) is 5.47. The fourth-order valence-corrected chi connectivity index (χ4v) is 2.77. The van der Waals surface area contributed by atoms with Crippen LogP contribution in [0.2, 0.25) is 0 Å². The molecule has 1 aromatic carbocycles. The molecule has 1 atom stereocenters.